The summed E-state index contributed by atoms with van der Waals surface area (Å²) in [5.74, 6) is 0.390. The first-order valence-electron chi connectivity index (χ1n) is 7.07. The van der Waals surface area contributed by atoms with E-state index in [-0.39, 0.29) is 11.7 Å². The predicted molar refractivity (Wildman–Crippen MR) is 78.2 cm³/mol. The van der Waals surface area contributed by atoms with E-state index in [0.29, 0.717) is 29.1 Å². The van der Waals surface area contributed by atoms with Crippen LogP contribution >= 0.6 is 0 Å². The number of anilines is 1. The Morgan fingerprint density at radius 1 is 1.33 bits per heavy atom. The monoisotopic (exact) mass is 288 g/mol. The zero-order valence-corrected chi connectivity index (χ0v) is 11.6. The average molecular weight is 288 g/mol. The van der Waals surface area contributed by atoms with Gasteiger partial charge in [0.05, 0.1) is 10.9 Å². The predicted octanol–water partition coefficient (Wildman–Crippen LogP) is 1.86. The summed E-state index contributed by atoms with van der Waals surface area (Å²) >= 11 is 0. The van der Waals surface area contributed by atoms with Crippen LogP contribution in [-0.2, 0) is 4.79 Å². The molecule has 0 spiro atoms. The molecule has 0 atom stereocenters. The van der Waals surface area contributed by atoms with Crippen LogP contribution in [0, 0.1) is 11.7 Å². The largest absolute Gasteiger partial charge is 0.370 e. The zero-order valence-electron chi connectivity index (χ0n) is 11.6. The fraction of sp³-hybridized carbons (Fsp3) is 0.400. The molecule has 1 aliphatic heterocycles. The van der Waals surface area contributed by atoms with Gasteiger partial charge in [0.25, 0.3) is 0 Å². The number of primary amides is 1. The van der Waals surface area contributed by atoms with Gasteiger partial charge in [0, 0.05) is 19.5 Å². The molecule has 5 nitrogen and oxygen atoms in total. The number of carbonyl (C=O) groups excluding carboxylic acids is 1. The molecule has 2 heterocycles. The molecule has 0 saturated carbocycles. The van der Waals surface area contributed by atoms with E-state index in [2.05, 4.69) is 14.9 Å². The van der Waals surface area contributed by atoms with E-state index < -0.39 is 0 Å². The first kappa shape index (κ1) is 13.7. The Bertz CT molecular complexity index is 663. The van der Waals surface area contributed by atoms with E-state index in [4.69, 9.17) is 5.73 Å². The summed E-state index contributed by atoms with van der Waals surface area (Å²) in [6.07, 6.45) is 3.62. The number of rotatable bonds is 3. The molecule has 0 unspecified atom stereocenters. The number of carbonyl (C=O) groups is 1. The second-order valence-corrected chi connectivity index (χ2v) is 5.43. The van der Waals surface area contributed by atoms with Crippen LogP contribution in [0.15, 0.2) is 24.5 Å². The standard InChI is InChI=1S/C15H17FN4O/c16-11-2-1-3-12-14(11)15(19-9-18-12)20-6-4-10(5-7-20)8-13(17)21/h1-3,9-10H,4-8H2,(H2,17,21). The van der Waals surface area contributed by atoms with Gasteiger partial charge in [0.15, 0.2) is 0 Å². The number of fused-ring (bicyclic) bond motifs is 1. The Labute approximate surface area is 122 Å². The fourth-order valence-corrected chi connectivity index (χ4v) is 2.93. The molecule has 3 rings (SSSR count). The number of halogens is 1. The Balaban J connectivity index is 1.84. The van der Waals surface area contributed by atoms with Crippen molar-refractivity contribution in [2.75, 3.05) is 18.0 Å². The van der Waals surface area contributed by atoms with Gasteiger partial charge in [0.1, 0.15) is 18.0 Å². The van der Waals surface area contributed by atoms with Crippen molar-refractivity contribution < 1.29 is 9.18 Å². The lowest BCUT2D eigenvalue weighted by Gasteiger charge is -2.32. The third kappa shape index (κ3) is 2.79. The van der Waals surface area contributed by atoms with Gasteiger partial charge < -0.3 is 10.6 Å². The SMILES string of the molecule is NC(=O)CC1CCN(c2ncnc3cccc(F)c23)CC1. The van der Waals surface area contributed by atoms with Crippen molar-refractivity contribution in [3.8, 4) is 0 Å². The van der Waals surface area contributed by atoms with E-state index in [9.17, 15) is 9.18 Å². The van der Waals surface area contributed by atoms with E-state index in [1.54, 1.807) is 12.1 Å². The zero-order chi connectivity index (χ0) is 14.8. The lowest BCUT2D eigenvalue weighted by atomic mass is 9.93. The maximum atomic E-state index is 14.1. The summed E-state index contributed by atoms with van der Waals surface area (Å²) in [6, 6.07) is 4.85. The minimum Gasteiger partial charge on any atom is -0.370 e. The molecular formula is C15H17FN4O. The number of aromatic nitrogens is 2. The Morgan fingerprint density at radius 2 is 2.10 bits per heavy atom. The molecule has 1 amide bonds. The lowest BCUT2D eigenvalue weighted by molar-refractivity contribution is -0.119. The van der Waals surface area contributed by atoms with Crippen molar-refractivity contribution in [1.82, 2.24) is 9.97 Å². The second kappa shape index (κ2) is 5.63. The first-order valence-corrected chi connectivity index (χ1v) is 7.07. The quantitative estimate of drug-likeness (QED) is 0.935. The number of nitrogens with zero attached hydrogens (tertiary/aromatic N) is 3. The number of hydrogen-bond donors (Lipinski definition) is 1. The average Bonchev–Trinajstić information content (AvgIpc) is 2.47. The van der Waals surface area contributed by atoms with Crippen LogP contribution in [0.3, 0.4) is 0 Å². The minimum absolute atomic E-state index is 0.257. The van der Waals surface area contributed by atoms with E-state index in [0.717, 1.165) is 25.9 Å². The highest BCUT2D eigenvalue weighted by Crippen LogP contribution is 2.29. The number of nitrogens with two attached hydrogens (primary N) is 1. The summed E-state index contributed by atoms with van der Waals surface area (Å²) < 4.78 is 14.1. The van der Waals surface area contributed by atoms with Gasteiger partial charge in [-0.15, -0.1) is 0 Å². The molecule has 2 N–H and O–H groups in total. The molecular weight excluding hydrogens is 271 g/mol. The van der Waals surface area contributed by atoms with Gasteiger partial charge in [-0.25, -0.2) is 14.4 Å². The Morgan fingerprint density at radius 3 is 2.81 bits per heavy atom. The Hall–Kier alpha value is -2.24. The second-order valence-electron chi connectivity index (χ2n) is 5.43. The molecule has 110 valence electrons. The maximum Gasteiger partial charge on any atom is 0.217 e. The molecule has 1 aromatic carbocycles. The van der Waals surface area contributed by atoms with E-state index >= 15 is 0 Å². The molecule has 0 aliphatic carbocycles. The van der Waals surface area contributed by atoms with Crippen molar-refractivity contribution in [1.29, 1.82) is 0 Å². The maximum absolute atomic E-state index is 14.1. The van der Waals surface area contributed by atoms with Crippen molar-refractivity contribution in [3.05, 3.63) is 30.3 Å². The fourth-order valence-electron chi connectivity index (χ4n) is 2.93. The first-order chi connectivity index (χ1) is 10.1. The number of piperidine rings is 1. The Kier molecular flexibility index (Phi) is 3.68. The number of benzene rings is 1. The molecule has 1 aliphatic rings. The lowest BCUT2D eigenvalue weighted by Crippen LogP contribution is -2.35. The highest BCUT2D eigenvalue weighted by molar-refractivity contribution is 5.89. The van der Waals surface area contributed by atoms with Crippen LogP contribution in [0.5, 0.6) is 0 Å². The highest BCUT2D eigenvalue weighted by atomic mass is 19.1. The van der Waals surface area contributed by atoms with Gasteiger partial charge in [-0.3, -0.25) is 4.79 Å². The molecule has 1 saturated heterocycles. The number of hydrogen-bond acceptors (Lipinski definition) is 4. The molecule has 21 heavy (non-hydrogen) atoms. The molecule has 1 aromatic heterocycles. The van der Waals surface area contributed by atoms with Crippen LogP contribution < -0.4 is 10.6 Å². The van der Waals surface area contributed by atoms with Crippen LogP contribution in [0.25, 0.3) is 10.9 Å². The van der Waals surface area contributed by atoms with Crippen LogP contribution in [0.4, 0.5) is 10.2 Å². The highest BCUT2D eigenvalue weighted by Gasteiger charge is 2.23. The summed E-state index contributed by atoms with van der Waals surface area (Å²) in [5.41, 5.74) is 5.85. The third-order valence-corrected chi connectivity index (χ3v) is 4.00. The van der Waals surface area contributed by atoms with Crippen molar-refractivity contribution in [3.63, 3.8) is 0 Å². The molecule has 1 fully saturated rings. The summed E-state index contributed by atoms with van der Waals surface area (Å²) in [5, 5.41) is 0.466. The van der Waals surface area contributed by atoms with Gasteiger partial charge in [0.2, 0.25) is 5.91 Å². The molecule has 2 aromatic rings. The van der Waals surface area contributed by atoms with Crippen LogP contribution in [0.1, 0.15) is 19.3 Å². The van der Waals surface area contributed by atoms with Crippen molar-refractivity contribution >= 4 is 22.6 Å². The summed E-state index contributed by atoms with van der Waals surface area (Å²) in [4.78, 5) is 21.4. The third-order valence-electron chi connectivity index (χ3n) is 4.00. The van der Waals surface area contributed by atoms with E-state index in [1.807, 2.05) is 0 Å². The van der Waals surface area contributed by atoms with Crippen molar-refractivity contribution in [2.45, 2.75) is 19.3 Å². The summed E-state index contributed by atoms with van der Waals surface area (Å²) in [6.45, 7) is 1.50. The topological polar surface area (TPSA) is 72.1 Å². The normalized spacial score (nSPS) is 16.3. The van der Waals surface area contributed by atoms with Crippen molar-refractivity contribution in [2.24, 2.45) is 11.7 Å². The molecule has 0 bridgehead atoms. The van der Waals surface area contributed by atoms with Gasteiger partial charge in [-0.05, 0) is 30.9 Å². The minimum atomic E-state index is -0.303. The van der Waals surface area contributed by atoms with Crippen LogP contribution in [-0.4, -0.2) is 29.0 Å². The molecule has 0 radical (unpaired) electrons. The summed E-state index contributed by atoms with van der Waals surface area (Å²) in [7, 11) is 0. The van der Waals surface area contributed by atoms with Gasteiger partial charge in [-0.1, -0.05) is 6.07 Å². The number of amides is 1. The van der Waals surface area contributed by atoms with E-state index in [1.165, 1.54) is 12.4 Å². The van der Waals surface area contributed by atoms with Gasteiger partial charge >= 0.3 is 0 Å². The van der Waals surface area contributed by atoms with Crippen LogP contribution in [0.2, 0.25) is 0 Å². The van der Waals surface area contributed by atoms with Gasteiger partial charge in [-0.2, -0.15) is 0 Å². The molecule has 6 heteroatoms. The smallest absolute Gasteiger partial charge is 0.217 e.